The molecule has 0 saturated heterocycles. The number of primary amides is 1. The minimum Gasteiger partial charge on any atom is -0.369 e. The predicted octanol–water partition coefficient (Wildman–Crippen LogP) is 2.02. The summed E-state index contributed by atoms with van der Waals surface area (Å²) in [4.78, 5) is 15.7. The van der Waals surface area contributed by atoms with E-state index in [4.69, 9.17) is 5.73 Å². The van der Waals surface area contributed by atoms with E-state index in [0.29, 0.717) is 18.2 Å². The molecule has 2 aromatic carbocycles. The number of hydrogen-bond acceptors (Lipinski definition) is 3. The monoisotopic (exact) mass is 292 g/mol. The van der Waals surface area contributed by atoms with E-state index >= 15 is 0 Å². The fraction of sp³-hybridized carbons (Fsp3) is 0.118. The summed E-state index contributed by atoms with van der Waals surface area (Å²) in [6.45, 7) is 0.559. The van der Waals surface area contributed by atoms with Crippen molar-refractivity contribution < 1.29 is 4.79 Å². The second kappa shape index (κ2) is 6.22. The number of amides is 1. The van der Waals surface area contributed by atoms with Crippen LogP contribution in [0.5, 0.6) is 0 Å². The highest BCUT2D eigenvalue weighted by Gasteiger charge is 2.13. The van der Waals surface area contributed by atoms with Gasteiger partial charge in [-0.15, -0.1) is 0 Å². The van der Waals surface area contributed by atoms with Crippen molar-refractivity contribution in [1.29, 1.82) is 0 Å². The SMILES string of the molecule is NC(=O)Cc1nc(-c2ccccc2)nn1Cc1ccccc1. The average Bonchev–Trinajstić information content (AvgIpc) is 2.91. The highest BCUT2D eigenvalue weighted by Crippen LogP contribution is 2.16. The summed E-state index contributed by atoms with van der Waals surface area (Å²) in [5.74, 6) is 0.768. The van der Waals surface area contributed by atoms with E-state index in [1.165, 1.54) is 0 Å². The lowest BCUT2D eigenvalue weighted by molar-refractivity contribution is -0.117. The van der Waals surface area contributed by atoms with Gasteiger partial charge < -0.3 is 5.73 Å². The van der Waals surface area contributed by atoms with E-state index in [-0.39, 0.29) is 6.42 Å². The maximum atomic E-state index is 11.3. The Bertz CT molecular complexity index is 766. The van der Waals surface area contributed by atoms with Crippen LogP contribution in [-0.2, 0) is 17.8 Å². The van der Waals surface area contributed by atoms with Crippen molar-refractivity contribution >= 4 is 5.91 Å². The summed E-state index contributed by atoms with van der Waals surface area (Å²) in [5.41, 5.74) is 7.33. The standard InChI is InChI=1S/C17H16N4O/c18-15(22)11-16-19-17(14-9-5-2-6-10-14)20-21(16)12-13-7-3-1-4-8-13/h1-10H,11-12H2,(H2,18,22). The van der Waals surface area contributed by atoms with Crippen LogP contribution in [0.4, 0.5) is 0 Å². The van der Waals surface area contributed by atoms with E-state index in [1.807, 2.05) is 60.7 Å². The Labute approximate surface area is 128 Å². The Morgan fingerprint density at radius 3 is 2.27 bits per heavy atom. The predicted molar refractivity (Wildman–Crippen MR) is 83.9 cm³/mol. The second-order valence-electron chi connectivity index (χ2n) is 5.00. The molecule has 0 spiro atoms. The first-order valence-corrected chi connectivity index (χ1v) is 7.04. The lowest BCUT2D eigenvalue weighted by Crippen LogP contribution is -2.18. The highest BCUT2D eigenvalue weighted by molar-refractivity contribution is 5.75. The van der Waals surface area contributed by atoms with Crippen molar-refractivity contribution in [1.82, 2.24) is 14.8 Å². The highest BCUT2D eigenvalue weighted by atomic mass is 16.1. The molecule has 0 unspecified atom stereocenters. The smallest absolute Gasteiger partial charge is 0.225 e. The molecule has 0 atom stereocenters. The fourth-order valence-corrected chi connectivity index (χ4v) is 2.25. The molecular formula is C17H16N4O. The van der Waals surface area contributed by atoms with Crippen LogP contribution in [0.15, 0.2) is 60.7 Å². The molecule has 1 heterocycles. The molecule has 0 saturated carbocycles. The second-order valence-corrected chi connectivity index (χ2v) is 5.00. The normalized spacial score (nSPS) is 10.5. The maximum absolute atomic E-state index is 11.3. The van der Waals surface area contributed by atoms with Crippen LogP contribution in [-0.4, -0.2) is 20.7 Å². The molecule has 0 bridgehead atoms. The van der Waals surface area contributed by atoms with Crippen LogP contribution in [0.3, 0.4) is 0 Å². The first-order chi connectivity index (χ1) is 10.7. The minimum absolute atomic E-state index is 0.0761. The van der Waals surface area contributed by atoms with E-state index in [1.54, 1.807) is 4.68 Å². The number of aromatic nitrogens is 3. The van der Waals surface area contributed by atoms with Gasteiger partial charge in [-0.05, 0) is 5.56 Å². The maximum Gasteiger partial charge on any atom is 0.225 e. The first kappa shape index (κ1) is 14.0. The molecule has 0 aliphatic heterocycles. The minimum atomic E-state index is -0.415. The zero-order valence-electron chi connectivity index (χ0n) is 12.0. The van der Waals surface area contributed by atoms with Gasteiger partial charge >= 0.3 is 0 Å². The molecule has 3 aromatic rings. The number of nitrogens with two attached hydrogens (primary N) is 1. The molecule has 0 radical (unpaired) electrons. The molecule has 5 heteroatoms. The van der Waals surface area contributed by atoms with E-state index in [9.17, 15) is 4.79 Å². The van der Waals surface area contributed by atoms with Crippen molar-refractivity contribution in [3.05, 3.63) is 72.1 Å². The topological polar surface area (TPSA) is 73.8 Å². The van der Waals surface area contributed by atoms with Crippen molar-refractivity contribution in [2.75, 3.05) is 0 Å². The molecular weight excluding hydrogens is 276 g/mol. The number of benzene rings is 2. The first-order valence-electron chi connectivity index (χ1n) is 7.04. The lowest BCUT2D eigenvalue weighted by atomic mass is 10.2. The van der Waals surface area contributed by atoms with Crippen LogP contribution in [0.2, 0.25) is 0 Å². The Morgan fingerprint density at radius 2 is 1.64 bits per heavy atom. The van der Waals surface area contributed by atoms with Gasteiger partial charge in [-0.1, -0.05) is 60.7 Å². The van der Waals surface area contributed by atoms with Crippen LogP contribution in [0.25, 0.3) is 11.4 Å². The number of nitrogens with zero attached hydrogens (tertiary/aromatic N) is 3. The van der Waals surface area contributed by atoms with Crippen LogP contribution >= 0.6 is 0 Å². The number of carbonyl (C=O) groups excluding carboxylic acids is 1. The molecule has 3 rings (SSSR count). The Morgan fingerprint density at radius 1 is 1.00 bits per heavy atom. The van der Waals surface area contributed by atoms with Gasteiger partial charge in [0.15, 0.2) is 5.82 Å². The van der Waals surface area contributed by atoms with Crippen LogP contribution in [0.1, 0.15) is 11.4 Å². The summed E-state index contributed by atoms with van der Waals surface area (Å²) in [5, 5.41) is 4.53. The lowest BCUT2D eigenvalue weighted by Gasteiger charge is -2.04. The van der Waals surface area contributed by atoms with Crippen LogP contribution in [0, 0.1) is 0 Å². The number of carbonyl (C=O) groups is 1. The zero-order valence-corrected chi connectivity index (χ0v) is 12.0. The summed E-state index contributed by atoms with van der Waals surface area (Å²) in [6.07, 6.45) is 0.0761. The van der Waals surface area contributed by atoms with Gasteiger partial charge in [0.25, 0.3) is 0 Å². The molecule has 1 aromatic heterocycles. The molecule has 110 valence electrons. The third kappa shape index (κ3) is 3.20. The van der Waals surface area contributed by atoms with Crippen molar-refractivity contribution in [2.45, 2.75) is 13.0 Å². The zero-order chi connectivity index (χ0) is 15.4. The average molecular weight is 292 g/mol. The van der Waals surface area contributed by atoms with Gasteiger partial charge in [0.2, 0.25) is 5.91 Å². The number of rotatable bonds is 5. The van der Waals surface area contributed by atoms with Crippen molar-refractivity contribution in [3.63, 3.8) is 0 Å². The summed E-state index contributed by atoms with van der Waals surface area (Å²) < 4.78 is 1.74. The van der Waals surface area contributed by atoms with Gasteiger partial charge in [-0.25, -0.2) is 9.67 Å². The molecule has 0 aliphatic rings. The molecule has 0 aliphatic carbocycles. The Balaban J connectivity index is 1.96. The molecule has 5 nitrogen and oxygen atoms in total. The molecule has 1 amide bonds. The third-order valence-electron chi connectivity index (χ3n) is 3.29. The summed E-state index contributed by atoms with van der Waals surface area (Å²) in [6, 6.07) is 19.6. The van der Waals surface area contributed by atoms with Gasteiger partial charge in [0, 0.05) is 5.56 Å². The summed E-state index contributed by atoms with van der Waals surface area (Å²) >= 11 is 0. The van der Waals surface area contributed by atoms with E-state index in [0.717, 1.165) is 11.1 Å². The number of hydrogen-bond donors (Lipinski definition) is 1. The van der Waals surface area contributed by atoms with Gasteiger partial charge in [0.05, 0.1) is 13.0 Å². The van der Waals surface area contributed by atoms with E-state index in [2.05, 4.69) is 10.1 Å². The van der Waals surface area contributed by atoms with Crippen LogP contribution < -0.4 is 5.73 Å². The molecule has 0 fully saturated rings. The quantitative estimate of drug-likeness (QED) is 0.782. The van der Waals surface area contributed by atoms with Crippen molar-refractivity contribution in [3.8, 4) is 11.4 Å². The Hall–Kier alpha value is -2.95. The largest absolute Gasteiger partial charge is 0.369 e. The van der Waals surface area contributed by atoms with Gasteiger partial charge in [0.1, 0.15) is 5.82 Å². The fourth-order valence-electron chi connectivity index (χ4n) is 2.25. The third-order valence-corrected chi connectivity index (χ3v) is 3.29. The Kier molecular flexibility index (Phi) is 3.96. The van der Waals surface area contributed by atoms with E-state index < -0.39 is 5.91 Å². The van der Waals surface area contributed by atoms with Crippen molar-refractivity contribution in [2.24, 2.45) is 5.73 Å². The van der Waals surface area contributed by atoms with Gasteiger partial charge in [-0.3, -0.25) is 4.79 Å². The van der Waals surface area contributed by atoms with Gasteiger partial charge in [-0.2, -0.15) is 5.10 Å². The molecule has 22 heavy (non-hydrogen) atoms. The molecule has 2 N–H and O–H groups in total. The summed E-state index contributed by atoms with van der Waals surface area (Å²) in [7, 11) is 0.